The van der Waals surface area contributed by atoms with E-state index >= 15 is 0 Å². The van der Waals surface area contributed by atoms with Crippen molar-refractivity contribution in [3.63, 3.8) is 0 Å². The lowest BCUT2D eigenvalue weighted by atomic mass is 10.0. The van der Waals surface area contributed by atoms with E-state index in [0.29, 0.717) is 18.7 Å². The largest absolute Gasteiger partial charge is 0.497 e. The summed E-state index contributed by atoms with van der Waals surface area (Å²) in [5, 5.41) is 19.7. The van der Waals surface area contributed by atoms with Gasteiger partial charge in [-0.1, -0.05) is 24.3 Å². The van der Waals surface area contributed by atoms with Crippen LogP contribution in [0.25, 0.3) is 0 Å². The second-order valence-corrected chi connectivity index (χ2v) is 10.8. The van der Waals surface area contributed by atoms with Crippen LogP contribution in [-0.2, 0) is 22.4 Å². The summed E-state index contributed by atoms with van der Waals surface area (Å²) < 4.78 is 16.0. The van der Waals surface area contributed by atoms with Crippen LogP contribution in [0.15, 0.2) is 48.5 Å². The Labute approximate surface area is 219 Å². The van der Waals surface area contributed by atoms with Crippen LogP contribution in [0, 0.1) is 0 Å². The molecule has 2 aromatic carbocycles. The van der Waals surface area contributed by atoms with E-state index in [1.165, 1.54) is 0 Å². The van der Waals surface area contributed by atoms with Crippen molar-refractivity contribution in [1.29, 1.82) is 0 Å². The molecule has 0 spiro atoms. The van der Waals surface area contributed by atoms with Gasteiger partial charge in [-0.2, -0.15) is 0 Å². The number of nitrogens with one attached hydrogen (secondary N) is 3. The van der Waals surface area contributed by atoms with E-state index in [1.54, 1.807) is 66.9 Å². The highest BCUT2D eigenvalue weighted by atomic mass is 16.6. The Kier molecular flexibility index (Phi) is 10.8. The molecule has 2 rings (SSSR count). The molecule has 0 bridgehead atoms. The predicted octanol–water partition coefficient (Wildman–Crippen LogP) is 4.63. The number of benzene rings is 2. The molecule has 204 valence electrons. The van der Waals surface area contributed by atoms with E-state index in [0.717, 1.165) is 16.9 Å². The smallest absolute Gasteiger partial charge is 0.412 e. The zero-order valence-corrected chi connectivity index (χ0v) is 22.9. The van der Waals surface area contributed by atoms with Crippen molar-refractivity contribution in [2.75, 3.05) is 19.0 Å². The number of alkyl carbamates (subject to hydrolysis) is 1. The number of amides is 2. The van der Waals surface area contributed by atoms with E-state index < -0.39 is 35.5 Å². The Morgan fingerprint density at radius 2 is 1.51 bits per heavy atom. The summed E-state index contributed by atoms with van der Waals surface area (Å²) in [6, 6.07) is 14.2. The number of hydrogen-bond donors (Lipinski definition) is 4. The van der Waals surface area contributed by atoms with E-state index in [-0.39, 0.29) is 6.54 Å². The van der Waals surface area contributed by atoms with Crippen LogP contribution in [0.1, 0.15) is 52.7 Å². The van der Waals surface area contributed by atoms with E-state index in [2.05, 4.69) is 16.0 Å². The number of anilines is 1. The lowest BCUT2D eigenvalue weighted by Crippen LogP contribution is -2.49. The minimum absolute atomic E-state index is 0.230. The zero-order chi connectivity index (χ0) is 27.6. The number of ether oxygens (including phenoxy) is 3. The molecule has 2 amide bonds. The first-order chi connectivity index (χ1) is 17.2. The molecule has 37 heavy (non-hydrogen) atoms. The number of aliphatic hydroxyl groups excluding tert-OH is 1. The summed E-state index contributed by atoms with van der Waals surface area (Å²) in [6.07, 6.45) is -1.78. The summed E-state index contributed by atoms with van der Waals surface area (Å²) in [6.45, 7) is 11.5. The molecule has 0 aliphatic rings. The molecule has 2 atom stereocenters. The van der Waals surface area contributed by atoms with Crippen molar-refractivity contribution in [1.82, 2.24) is 10.6 Å². The Hall–Kier alpha value is -3.30. The van der Waals surface area contributed by atoms with Gasteiger partial charge in [-0.3, -0.25) is 5.32 Å². The highest BCUT2D eigenvalue weighted by Crippen LogP contribution is 2.17. The third-order valence-corrected chi connectivity index (χ3v) is 5.01. The third kappa shape index (κ3) is 12.0. The predicted molar refractivity (Wildman–Crippen MR) is 144 cm³/mol. The zero-order valence-electron chi connectivity index (χ0n) is 22.9. The second kappa shape index (κ2) is 13.3. The van der Waals surface area contributed by atoms with Crippen LogP contribution in [0.3, 0.4) is 0 Å². The summed E-state index contributed by atoms with van der Waals surface area (Å²) >= 11 is 0. The molecule has 0 saturated heterocycles. The van der Waals surface area contributed by atoms with Gasteiger partial charge in [0.05, 0.1) is 19.3 Å². The molecule has 4 N–H and O–H groups in total. The van der Waals surface area contributed by atoms with Crippen molar-refractivity contribution >= 4 is 17.9 Å². The van der Waals surface area contributed by atoms with Crippen LogP contribution < -0.4 is 20.7 Å². The highest BCUT2D eigenvalue weighted by Gasteiger charge is 2.25. The van der Waals surface area contributed by atoms with Crippen molar-refractivity contribution in [3.05, 3.63) is 59.7 Å². The van der Waals surface area contributed by atoms with Gasteiger partial charge in [0.1, 0.15) is 17.0 Å². The standard InChI is InChI=1S/C28H41N3O6/c1-27(2,3)36-25(33)30-21-12-8-10-19(14-21)16-23(31-26(34)37-28(4,5)6)24(32)18-29-17-20-11-9-13-22(15-20)35-7/h8-15,23-24,29,32H,16-18H2,1-7H3,(H,30,33)(H,31,34)/t23-,24+/m0/s1. The normalized spacial score (nSPS) is 13.3. The third-order valence-electron chi connectivity index (χ3n) is 5.01. The molecule has 0 saturated carbocycles. The molecule has 0 fully saturated rings. The van der Waals surface area contributed by atoms with E-state index in [1.807, 2.05) is 30.3 Å². The van der Waals surface area contributed by atoms with Crippen molar-refractivity contribution in [2.24, 2.45) is 0 Å². The lowest BCUT2D eigenvalue weighted by Gasteiger charge is -2.27. The van der Waals surface area contributed by atoms with Gasteiger partial charge in [0.2, 0.25) is 0 Å². The van der Waals surface area contributed by atoms with Gasteiger partial charge < -0.3 is 30.0 Å². The van der Waals surface area contributed by atoms with Crippen molar-refractivity contribution in [3.8, 4) is 5.75 Å². The van der Waals surface area contributed by atoms with Gasteiger partial charge in [-0.25, -0.2) is 9.59 Å². The van der Waals surface area contributed by atoms with Gasteiger partial charge in [0, 0.05) is 18.8 Å². The molecular formula is C28H41N3O6. The average molecular weight is 516 g/mol. The molecule has 9 nitrogen and oxygen atoms in total. The van der Waals surface area contributed by atoms with Gasteiger partial charge in [0.15, 0.2) is 0 Å². The maximum atomic E-state index is 12.5. The molecule has 0 aliphatic carbocycles. The minimum Gasteiger partial charge on any atom is -0.497 e. The summed E-state index contributed by atoms with van der Waals surface area (Å²) in [4.78, 5) is 24.7. The Morgan fingerprint density at radius 1 is 0.892 bits per heavy atom. The first kappa shape index (κ1) is 29.9. The molecule has 0 unspecified atom stereocenters. The molecule has 0 heterocycles. The van der Waals surface area contributed by atoms with Crippen LogP contribution in [-0.4, -0.2) is 54.3 Å². The molecule has 0 aliphatic heterocycles. The first-order valence-corrected chi connectivity index (χ1v) is 12.3. The Morgan fingerprint density at radius 3 is 2.16 bits per heavy atom. The van der Waals surface area contributed by atoms with Gasteiger partial charge in [-0.15, -0.1) is 0 Å². The fourth-order valence-corrected chi connectivity index (χ4v) is 3.48. The topological polar surface area (TPSA) is 118 Å². The second-order valence-electron chi connectivity index (χ2n) is 10.8. The monoisotopic (exact) mass is 515 g/mol. The van der Waals surface area contributed by atoms with Gasteiger partial charge in [-0.05, 0) is 83.4 Å². The molecule has 0 aromatic heterocycles. The maximum Gasteiger partial charge on any atom is 0.412 e. The van der Waals surface area contributed by atoms with Crippen LogP contribution in [0.5, 0.6) is 5.75 Å². The lowest BCUT2D eigenvalue weighted by molar-refractivity contribution is 0.0422. The van der Waals surface area contributed by atoms with Gasteiger partial charge in [0.25, 0.3) is 0 Å². The number of rotatable bonds is 10. The number of carbonyl (C=O) groups excluding carboxylic acids is 2. The molecule has 9 heteroatoms. The van der Waals surface area contributed by atoms with Crippen molar-refractivity contribution < 1.29 is 28.9 Å². The van der Waals surface area contributed by atoms with E-state index in [9.17, 15) is 14.7 Å². The minimum atomic E-state index is -0.916. The van der Waals surface area contributed by atoms with Crippen LogP contribution in [0.2, 0.25) is 0 Å². The summed E-state index contributed by atoms with van der Waals surface area (Å²) in [5.74, 6) is 0.754. The number of hydrogen-bond acceptors (Lipinski definition) is 7. The highest BCUT2D eigenvalue weighted by molar-refractivity contribution is 5.84. The quantitative estimate of drug-likeness (QED) is 0.364. The molecular weight excluding hydrogens is 474 g/mol. The summed E-state index contributed by atoms with van der Waals surface area (Å²) in [5.41, 5.74) is 1.06. The average Bonchev–Trinajstić information content (AvgIpc) is 2.76. The van der Waals surface area contributed by atoms with Gasteiger partial charge >= 0.3 is 12.2 Å². The van der Waals surface area contributed by atoms with Crippen molar-refractivity contribution in [2.45, 2.75) is 77.9 Å². The Balaban J connectivity index is 2.09. The number of carbonyl (C=O) groups is 2. The first-order valence-electron chi connectivity index (χ1n) is 12.3. The fourth-order valence-electron chi connectivity index (χ4n) is 3.48. The van der Waals surface area contributed by atoms with Crippen LogP contribution in [0.4, 0.5) is 15.3 Å². The maximum absolute atomic E-state index is 12.5. The molecule has 0 radical (unpaired) electrons. The summed E-state index contributed by atoms with van der Waals surface area (Å²) in [7, 11) is 1.61. The van der Waals surface area contributed by atoms with Crippen LogP contribution >= 0.6 is 0 Å². The molecule has 2 aromatic rings. The SMILES string of the molecule is COc1cccc(CNC[C@@H](O)[C@H](Cc2cccc(NC(=O)OC(C)(C)C)c2)NC(=O)OC(C)(C)C)c1. The van der Waals surface area contributed by atoms with E-state index in [4.69, 9.17) is 14.2 Å². The Bertz CT molecular complexity index is 1030. The fraction of sp³-hybridized carbons (Fsp3) is 0.500. The number of aliphatic hydroxyl groups is 1. The number of methoxy groups -OCH3 is 1.